The van der Waals surface area contributed by atoms with E-state index in [4.69, 9.17) is 10.5 Å². The molecule has 1 amide bonds. The van der Waals surface area contributed by atoms with Crippen molar-refractivity contribution < 1.29 is 13.9 Å². The number of para-hydroxylation sites is 1. The fourth-order valence-corrected chi connectivity index (χ4v) is 1.04. The maximum atomic E-state index is 13.2. The summed E-state index contributed by atoms with van der Waals surface area (Å²) in [6.45, 7) is 3.77. The minimum absolute atomic E-state index is 0.0871. The zero-order chi connectivity index (χ0) is 12.9. The van der Waals surface area contributed by atoms with Gasteiger partial charge >= 0.3 is 6.09 Å². The Balaban J connectivity index is 2.48. The number of amides is 1. The minimum atomic E-state index is -0.708. The molecule has 0 aromatic heterocycles. The number of anilines is 1. The van der Waals surface area contributed by atoms with Gasteiger partial charge < -0.3 is 10.5 Å². The molecule has 17 heavy (non-hydrogen) atoms. The summed E-state index contributed by atoms with van der Waals surface area (Å²) in [5.74, 6) is -0.504. The van der Waals surface area contributed by atoms with Gasteiger partial charge in [0.25, 0.3) is 0 Å². The molecule has 0 aliphatic carbocycles. The Morgan fingerprint density at radius 3 is 2.76 bits per heavy atom. The van der Waals surface area contributed by atoms with E-state index in [0.717, 1.165) is 0 Å². The topological polar surface area (TPSA) is 64.3 Å². The molecule has 1 aromatic rings. The van der Waals surface area contributed by atoms with E-state index in [2.05, 4.69) is 5.32 Å². The lowest BCUT2D eigenvalue weighted by molar-refractivity contribution is 0.132. The van der Waals surface area contributed by atoms with Crippen molar-refractivity contribution in [2.75, 3.05) is 11.9 Å². The SMILES string of the molecule is CCC(C)(N)COC(=O)Nc1ccccc1F. The first-order valence-electron chi connectivity index (χ1n) is 5.42. The van der Waals surface area contributed by atoms with Gasteiger partial charge in [0.05, 0.1) is 5.69 Å². The number of nitrogens with two attached hydrogens (primary N) is 1. The van der Waals surface area contributed by atoms with Crippen molar-refractivity contribution in [2.24, 2.45) is 5.73 Å². The van der Waals surface area contributed by atoms with E-state index in [0.29, 0.717) is 6.42 Å². The van der Waals surface area contributed by atoms with E-state index in [-0.39, 0.29) is 12.3 Å². The normalized spacial score (nSPS) is 13.9. The van der Waals surface area contributed by atoms with Crippen LogP contribution in [-0.4, -0.2) is 18.2 Å². The Morgan fingerprint density at radius 1 is 1.53 bits per heavy atom. The summed E-state index contributed by atoms with van der Waals surface area (Å²) in [5, 5.41) is 2.32. The van der Waals surface area contributed by atoms with Crippen molar-refractivity contribution in [2.45, 2.75) is 25.8 Å². The predicted molar refractivity (Wildman–Crippen MR) is 64.3 cm³/mol. The van der Waals surface area contributed by atoms with Gasteiger partial charge in [0, 0.05) is 5.54 Å². The molecule has 0 saturated heterocycles. The van der Waals surface area contributed by atoms with Crippen LogP contribution in [0.4, 0.5) is 14.9 Å². The monoisotopic (exact) mass is 240 g/mol. The van der Waals surface area contributed by atoms with Crippen LogP contribution in [0.1, 0.15) is 20.3 Å². The molecular formula is C12H17FN2O2. The quantitative estimate of drug-likeness (QED) is 0.849. The molecule has 1 unspecified atom stereocenters. The van der Waals surface area contributed by atoms with E-state index in [1.807, 2.05) is 6.92 Å². The van der Waals surface area contributed by atoms with Crippen molar-refractivity contribution >= 4 is 11.8 Å². The van der Waals surface area contributed by atoms with Crippen LogP contribution in [0.3, 0.4) is 0 Å². The highest BCUT2D eigenvalue weighted by atomic mass is 19.1. The molecule has 94 valence electrons. The molecule has 0 fully saturated rings. The largest absolute Gasteiger partial charge is 0.447 e. The number of hydrogen-bond acceptors (Lipinski definition) is 3. The van der Waals surface area contributed by atoms with Gasteiger partial charge in [-0.2, -0.15) is 0 Å². The van der Waals surface area contributed by atoms with E-state index < -0.39 is 17.4 Å². The van der Waals surface area contributed by atoms with Crippen LogP contribution >= 0.6 is 0 Å². The van der Waals surface area contributed by atoms with Crippen LogP contribution in [0.2, 0.25) is 0 Å². The van der Waals surface area contributed by atoms with Gasteiger partial charge in [0.1, 0.15) is 12.4 Å². The van der Waals surface area contributed by atoms with Crippen LogP contribution in [0, 0.1) is 5.82 Å². The maximum absolute atomic E-state index is 13.2. The lowest BCUT2D eigenvalue weighted by Gasteiger charge is -2.22. The number of halogens is 1. The number of benzene rings is 1. The fraction of sp³-hybridized carbons (Fsp3) is 0.417. The minimum Gasteiger partial charge on any atom is -0.447 e. The van der Waals surface area contributed by atoms with Crippen molar-refractivity contribution in [3.05, 3.63) is 30.1 Å². The van der Waals surface area contributed by atoms with E-state index in [9.17, 15) is 9.18 Å². The second kappa shape index (κ2) is 5.63. The average Bonchev–Trinajstić information content (AvgIpc) is 2.30. The molecule has 0 spiro atoms. The van der Waals surface area contributed by atoms with Gasteiger partial charge in [0.2, 0.25) is 0 Å². The molecule has 0 bridgehead atoms. The molecule has 3 N–H and O–H groups in total. The van der Waals surface area contributed by atoms with Crippen LogP contribution in [0.15, 0.2) is 24.3 Å². The standard InChI is InChI=1S/C12H17FN2O2/c1-3-12(2,14)8-17-11(16)15-10-7-5-4-6-9(10)13/h4-7H,3,8,14H2,1-2H3,(H,15,16). The summed E-state index contributed by atoms with van der Waals surface area (Å²) in [6, 6.07) is 5.88. The molecule has 0 aliphatic heterocycles. The highest BCUT2D eigenvalue weighted by molar-refractivity contribution is 5.84. The smallest absolute Gasteiger partial charge is 0.411 e. The second-order valence-corrected chi connectivity index (χ2v) is 4.19. The van der Waals surface area contributed by atoms with Gasteiger partial charge in [-0.15, -0.1) is 0 Å². The molecule has 1 atom stereocenters. The van der Waals surface area contributed by atoms with Crippen LogP contribution in [0.5, 0.6) is 0 Å². The van der Waals surface area contributed by atoms with E-state index in [1.165, 1.54) is 12.1 Å². The summed E-state index contributed by atoms with van der Waals surface area (Å²) in [7, 11) is 0. The first-order chi connectivity index (χ1) is 7.94. The lowest BCUT2D eigenvalue weighted by Crippen LogP contribution is -2.41. The van der Waals surface area contributed by atoms with Crippen LogP contribution in [0.25, 0.3) is 0 Å². The molecule has 1 rings (SSSR count). The van der Waals surface area contributed by atoms with E-state index in [1.54, 1.807) is 19.1 Å². The van der Waals surface area contributed by atoms with Gasteiger partial charge in [0.15, 0.2) is 0 Å². The summed E-state index contributed by atoms with van der Waals surface area (Å²) in [5.41, 5.74) is 5.34. The van der Waals surface area contributed by atoms with Gasteiger partial charge in [-0.05, 0) is 25.5 Å². The molecular weight excluding hydrogens is 223 g/mol. The van der Waals surface area contributed by atoms with Gasteiger partial charge in [-0.1, -0.05) is 19.1 Å². The zero-order valence-electron chi connectivity index (χ0n) is 10.00. The summed E-state index contributed by atoms with van der Waals surface area (Å²) in [4.78, 5) is 11.4. The highest BCUT2D eigenvalue weighted by Crippen LogP contribution is 2.13. The third kappa shape index (κ3) is 4.40. The Morgan fingerprint density at radius 2 is 2.18 bits per heavy atom. The highest BCUT2D eigenvalue weighted by Gasteiger charge is 2.18. The third-order valence-corrected chi connectivity index (χ3v) is 2.45. The zero-order valence-corrected chi connectivity index (χ0v) is 10.00. The molecule has 0 aliphatic rings. The third-order valence-electron chi connectivity index (χ3n) is 2.45. The fourth-order valence-electron chi connectivity index (χ4n) is 1.04. The number of hydrogen-bond donors (Lipinski definition) is 2. The van der Waals surface area contributed by atoms with Crippen molar-refractivity contribution in [3.63, 3.8) is 0 Å². The Kier molecular flexibility index (Phi) is 4.45. The number of carbonyl (C=O) groups excluding carboxylic acids is 1. The van der Waals surface area contributed by atoms with Crippen molar-refractivity contribution in [3.8, 4) is 0 Å². The molecule has 0 saturated carbocycles. The number of rotatable bonds is 4. The number of ether oxygens (including phenoxy) is 1. The second-order valence-electron chi connectivity index (χ2n) is 4.19. The van der Waals surface area contributed by atoms with Crippen LogP contribution < -0.4 is 11.1 Å². The van der Waals surface area contributed by atoms with Crippen molar-refractivity contribution in [1.29, 1.82) is 0 Å². The molecule has 0 heterocycles. The Bertz CT molecular complexity index is 394. The molecule has 4 nitrogen and oxygen atoms in total. The first kappa shape index (κ1) is 13.4. The Labute approximate surface area is 100.0 Å². The average molecular weight is 240 g/mol. The Hall–Kier alpha value is -1.62. The summed E-state index contributed by atoms with van der Waals surface area (Å²) < 4.78 is 18.1. The molecule has 0 radical (unpaired) electrons. The predicted octanol–water partition coefficient (Wildman–Crippen LogP) is 2.50. The summed E-state index contributed by atoms with van der Waals surface area (Å²) in [6.07, 6.45) is -0.0276. The van der Waals surface area contributed by atoms with Crippen molar-refractivity contribution in [1.82, 2.24) is 0 Å². The molecule has 1 aromatic carbocycles. The molecule has 5 heteroatoms. The van der Waals surface area contributed by atoms with Gasteiger partial charge in [-0.3, -0.25) is 5.32 Å². The van der Waals surface area contributed by atoms with E-state index >= 15 is 0 Å². The number of carbonyl (C=O) groups is 1. The van der Waals surface area contributed by atoms with Crippen LogP contribution in [-0.2, 0) is 4.74 Å². The maximum Gasteiger partial charge on any atom is 0.411 e. The lowest BCUT2D eigenvalue weighted by atomic mass is 10.0. The van der Waals surface area contributed by atoms with Gasteiger partial charge in [-0.25, -0.2) is 9.18 Å². The summed E-state index contributed by atoms with van der Waals surface area (Å²) >= 11 is 0. The number of nitrogens with one attached hydrogen (secondary N) is 1. The first-order valence-corrected chi connectivity index (χ1v) is 5.42.